The Bertz CT molecular complexity index is 1640. The second-order valence-electron chi connectivity index (χ2n) is 11.5. The van der Waals surface area contributed by atoms with Gasteiger partial charge in [0, 0.05) is 49.7 Å². The van der Waals surface area contributed by atoms with Gasteiger partial charge in [0.15, 0.2) is 6.61 Å². The van der Waals surface area contributed by atoms with Crippen LogP contribution in [0.2, 0.25) is 0 Å². The Morgan fingerprint density at radius 3 is 2.57 bits per heavy atom. The van der Waals surface area contributed by atoms with Crippen molar-refractivity contribution in [3.63, 3.8) is 0 Å². The number of hydrogen-bond acceptors (Lipinski definition) is 5. The molecule has 2 aromatic carbocycles. The Kier molecular flexibility index (Phi) is 11.6. The van der Waals surface area contributed by atoms with Gasteiger partial charge in [-0.05, 0) is 67.7 Å². The lowest BCUT2D eigenvalue weighted by Crippen LogP contribution is -2.54. The molecule has 3 aromatic rings. The van der Waals surface area contributed by atoms with Crippen LogP contribution in [0.15, 0.2) is 102 Å². The Labute approximate surface area is 271 Å². The quantitative estimate of drug-likeness (QED) is 0.214. The number of allylic oxidation sites excluding steroid dienone is 6. The minimum atomic E-state index is -0.799. The maximum atomic E-state index is 15.1. The van der Waals surface area contributed by atoms with Crippen molar-refractivity contribution in [2.45, 2.75) is 44.1 Å². The highest BCUT2D eigenvalue weighted by molar-refractivity contribution is 5.92. The van der Waals surface area contributed by atoms with Gasteiger partial charge in [-0.2, -0.15) is 0 Å². The topological polar surface area (TPSA) is 83.6 Å². The number of para-hydroxylation sites is 1. The van der Waals surface area contributed by atoms with Crippen LogP contribution in [0.4, 0.5) is 23.2 Å². The van der Waals surface area contributed by atoms with Crippen LogP contribution in [-0.4, -0.2) is 54.0 Å². The predicted octanol–water partition coefficient (Wildman–Crippen LogP) is 6.71. The summed E-state index contributed by atoms with van der Waals surface area (Å²) in [7, 11) is 0. The zero-order valence-electron chi connectivity index (χ0n) is 25.7. The third-order valence-corrected chi connectivity index (χ3v) is 8.26. The molecular weight excluding hydrogens is 612 g/mol. The number of nitrogens with one attached hydrogen (secondary N) is 2. The molecule has 0 bridgehead atoms. The molecule has 11 heteroatoms. The fourth-order valence-electron chi connectivity index (χ4n) is 5.90. The minimum absolute atomic E-state index is 0.0474. The lowest BCUT2D eigenvalue weighted by molar-refractivity contribution is -0.136. The van der Waals surface area contributed by atoms with Crippen molar-refractivity contribution in [1.82, 2.24) is 15.2 Å². The molecule has 1 saturated heterocycles. The van der Waals surface area contributed by atoms with Gasteiger partial charge in [0.05, 0.1) is 18.1 Å². The molecule has 7 nitrogen and oxygen atoms in total. The predicted molar refractivity (Wildman–Crippen MR) is 171 cm³/mol. The fourth-order valence-corrected chi connectivity index (χ4v) is 5.90. The number of pyridine rings is 1. The summed E-state index contributed by atoms with van der Waals surface area (Å²) in [6.07, 6.45) is 6.85. The standard InChI is InChI=1S/C36H36F4N4O3/c37-26-12-9-24(10-13-26)32(25-11-14-27(38)18-28(39)17-25)19-35(45)43-34-22-42-21-33(40)31(34)8-4-5-29-20-41-15-16-44(29)36(46)23-47-30-6-2-1-3-7-30/h1-3,6-7,9-10,12-14,17-18,21-22,29,32,41H,4-5,8,11,15-16,19-20,23H2,(H,43,45). The molecule has 0 spiro atoms. The monoisotopic (exact) mass is 648 g/mol. The number of nitrogens with zero attached hydrogens (tertiary/aromatic N) is 2. The van der Waals surface area contributed by atoms with Crippen molar-refractivity contribution in [3.8, 4) is 5.75 Å². The maximum absolute atomic E-state index is 15.1. The van der Waals surface area contributed by atoms with E-state index < -0.39 is 35.1 Å². The number of benzene rings is 2. The molecule has 1 aliphatic heterocycles. The summed E-state index contributed by atoms with van der Waals surface area (Å²) >= 11 is 0. The number of anilines is 1. The molecule has 2 unspecified atom stereocenters. The molecule has 5 rings (SSSR count). The molecule has 0 saturated carbocycles. The van der Waals surface area contributed by atoms with Crippen LogP contribution in [0, 0.1) is 11.6 Å². The van der Waals surface area contributed by atoms with Crippen LogP contribution in [0.25, 0.3) is 0 Å². The number of carbonyl (C=O) groups is 2. The van der Waals surface area contributed by atoms with Gasteiger partial charge in [-0.15, -0.1) is 0 Å². The molecule has 246 valence electrons. The summed E-state index contributed by atoms with van der Waals surface area (Å²) in [6, 6.07) is 14.5. The first-order chi connectivity index (χ1) is 22.8. The zero-order chi connectivity index (χ0) is 33.2. The number of piperazine rings is 1. The number of rotatable bonds is 12. The van der Waals surface area contributed by atoms with E-state index in [1.165, 1.54) is 42.6 Å². The number of ether oxygens (including phenoxy) is 1. The molecule has 1 fully saturated rings. The smallest absolute Gasteiger partial charge is 0.260 e. The number of amides is 2. The van der Waals surface area contributed by atoms with E-state index in [2.05, 4.69) is 15.6 Å². The Hall–Kier alpha value is -4.77. The number of halogens is 4. The second kappa shape index (κ2) is 16.2. The van der Waals surface area contributed by atoms with Gasteiger partial charge < -0.3 is 20.3 Å². The van der Waals surface area contributed by atoms with Crippen molar-refractivity contribution in [2.75, 3.05) is 31.6 Å². The molecule has 1 aliphatic carbocycles. The minimum Gasteiger partial charge on any atom is -0.484 e. The van der Waals surface area contributed by atoms with E-state index in [-0.39, 0.29) is 49.1 Å². The third kappa shape index (κ3) is 9.38. The van der Waals surface area contributed by atoms with Crippen molar-refractivity contribution < 1.29 is 31.9 Å². The molecule has 2 atom stereocenters. The van der Waals surface area contributed by atoms with Gasteiger partial charge in [0.2, 0.25) is 5.91 Å². The van der Waals surface area contributed by atoms with E-state index in [1.54, 1.807) is 17.0 Å². The van der Waals surface area contributed by atoms with Crippen molar-refractivity contribution >= 4 is 17.5 Å². The molecule has 2 amide bonds. The average molecular weight is 649 g/mol. The Morgan fingerprint density at radius 1 is 1.00 bits per heavy atom. The first kappa shape index (κ1) is 33.6. The van der Waals surface area contributed by atoms with Crippen LogP contribution < -0.4 is 15.4 Å². The summed E-state index contributed by atoms with van der Waals surface area (Å²) in [4.78, 5) is 32.1. The lowest BCUT2D eigenvalue weighted by atomic mass is 9.86. The summed E-state index contributed by atoms with van der Waals surface area (Å²) in [5, 5.41) is 6.06. The Balaban J connectivity index is 1.24. The van der Waals surface area contributed by atoms with Gasteiger partial charge in [0.1, 0.15) is 29.0 Å². The number of aromatic nitrogens is 1. The van der Waals surface area contributed by atoms with E-state index >= 15 is 4.39 Å². The lowest BCUT2D eigenvalue weighted by Gasteiger charge is -2.36. The van der Waals surface area contributed by atoms with Gasteiger partial charge in [-0.3, -0.25) is 14.6 Å². The van der Waals surface area contributed by atoms with Gasteiger partial charge in [-0.25, -0.2) is 17.6 Å². The van der Waals surface area contributed by atoms with Gasteiger partial charge >= 0.3 is 0 Å². The van der Waals surface area contributed by atoms with Crippen LogP contribution in [0.5, 0.6) is 5.75 Å². The van der Waals surface area contributed by atoms with Crippen LogP contribution in [0.1, 0.15) is 42.7 Å². The zero-order valence-corrected chi connectivity index (χ0v) is 25.7. The number of carbonyl (C=O) groups excluding carboxylic acids is 2. The van der Waals surface area contributed by atoms with Crippen molar-refractivity contribution in [3.05, 3.63) is 125 Å². The van der Waals surface area contributed by atoms with E-state index in [4.69, 9.17) is 4.74 Å². The highest BCUT2D eigenvalue weighted by Gasteiger charge is 2.27. The van der Waals surface area contributed by atoms with Crippen molar-refractivity contribution in [2.24, 2.45) is 0 Å². The molecule has 1 aromatic heterocycles. The van der Waals surface area contributed by atoms with Crippen LogP contribution >= 0.6 is 0 Å². The first-order valence-corrected chi connectivity index (χ1v) is 15.6. The van der Waals surface area contributed by atoms with E-state index in [1.807, 2.05) is 18.2 Å². The maximum Gasteiger partial charge on any atom is 0.260 e. The van der Waals surface area contributed by atoms with E-state index in [0.29, 0.717) is 49.4 Å². The van der Waals surface area contributed by atoms with E-state index in [9.17, 15) is 22.8 Å². The normalized spacial score (nSPS) is 17.1. The van der Waals surface area contributed by atoms with Crippen LogP contribution in [0.3, 0.4) is 0 Å². The fraction of sp³-hybridized carbons (Fsp3) is 0.306. The molecule has 2 heterocycles. The SMILES string of the molecule is O=C(CC(C1=CC(F)=CC(F)=CC1)c1ccc(F)cc1)Nc1cncc(F)c1CCCC1CNCCN1C(=O)COc1ccccc1. The largest absolute Gasteiger partial charge is 0.484 e. The molecule has 2 aliphatic rings. The summed E-state index contributed by atoms with van der Waals surface area (Å²) < 4.78 is 62.7. The van der Waals surface area contributed by atoms with Gasteiger partial charge in [-0.1, -0.05) is 35.9 Å². The van der Waals surface area contributed by atoms with E-state index in [0.717, 1.165) is 12.3 Å². The first-order valence-electron chi connectivity index (χ1n) is 15.6. The second-order valence-corrected chi connectivity index (χ2v) is 11.5. The van der Waals surface area contributed by atoms with Crippen LogP contribution in [-0.2, 0) is 16.0 Å². The highest BCUT2D eigenvalue weighted by atomic mass is 19.1. The summed E-state index contributed by atoms with van der Waals surface area (Å²) in [6.45, 7) is 1.70. The molecule has 0 radical (unpaired) electrons. The number of hydrogen-bond donors (Lipinski definition) is 2. The van der Waals surface area contributed by atoms with Crippen molar-refractivity contribution in [1.29, 1.82) is 0 Å². The molecule has 2 N–H and O–H groups in total. The van der Waals surface area contributed by atoms with Gasteiger partial charge in [0.25, 0.3) is 5.91 Å². The third-order valence-electron chi connectivity index (χ3n) is 8.26. The highest BCUT2D eigenvalue weighted by Crippen LogP contribution is 2.34. The Morgan fingerprint density at radius 2 is 1.79 bits per heavy atom. The molecular formula is C36H36F4N4O3. The average Bonchev–Trinajstić information content (AvgIpc) is 3.24. The summed E-state index contributed by atoms with van der Waals surface area (Å²) in [5.74, 6) is -3.30. The summed E-state index contributed by atoms with van der Waals surface area (Å²) in [5.41, 5.74) is 1.45. The molecule has 47 heavy (non-hydrogen) atoms.